The van der Waals surface area contributed by atoms with Crippen LogP contribution in [0.25, 0.3) is 0 Å². The minimum absolute atomic E-state index is 0.0623. The molecule has 2 aliphatic heterocycles. The summed E-state index contributed by atoms with van der Waals surface area (Å²) in [6.45, 7) is 4.63. The molecule has 0 N–H and O–H groups in total. The standard InChI is InChI=1S/C29H29F8NO5S/c1-24(2)42-15-25(3,16-43-24)23(39)38-13-12-26(44(40,41)20-8-6-19(30)7-9-20)21-10-5-18(14-17(21)4-11-22(26)38)27(31,28(32,33)34)29(35,36)37/h5-10,14,22H,4,11-13,15-16H2,1-3H3/t22-,26-/m0/s1. The Morgan fingerprint density at radius 1 is 0.909 bits per heavy atom. The summed E-state index contributed by atoms with van der Waals surface area (Å²) in [5, 5.41) is 0. The molecule has 0 aromatic heterocycles. The molecule has 1 amide bonds. The number of aryl methyl sites for hydroxylation is 1. The fraction of sp³-hybridized carbons (Fsp3) is 0.552. The first-order valence-corrected chi connectivity index (χ1v) is 15.1. The predicted molar refractivity (Wildman–Crippen MR) is 139 cm³/mol. The van der Waals surface area contributed by atoms with Crippen LogP contribution in [0, 0.1) is 11.2 Å². The van der Waals surface area contributed by atoms with E-state index in [1.165, 1.54) is 4.90 Å². The number of carbonyl (C=O) groups excluding carboxylic acids is 1. The lowest BCUT2D eigenvalue weighted by Crippen LogP contribution is -2.58. The van der Waals surface area contributed by atoms with Gasteiger partial charge in [-0.3, -0.25) is 4.79 Å². The molecule has 0 bridgehead atoms. The largest absolute Gasteiger partial charge is 0.435 e. The molecule has 2 fully saturated rings. The van der Waals surface area contributed by atoms with Crippen molar-refractivity contribution in [3.63, 3.8) is 0 Å². The number of carbonyl (C=O) groups is 1. The number of hydrogen-bond donors (Lipinski definition) is 0. The van der Waals surface area contributed by atoms with Crippen LogP contribution in [0.2, 0.25) is 0 Å². The van der Waals surface area contributed by atoms with E-state index < -0.39 is 67.1 Å². The summed E-state index contributed by atoms with van der Waals surface area (Å²) in [7, 11) is -4.59. The lowest BCUT2D eigenvalue weighted by molar-refractivity contribution is -0.348. The van der Waals surface area contributed by atoms with Crippen molar-refractivity contribution in [2.24, 2.45) is 5.41 Å². The van der Waals surface area contributed by atoms with Crippen molar-refractivity contribution in [1.29, 1.82) is 0 Å². The minimum atomic E-state index is -6.36. The zero-order valence-corrected chi connectivity index (χ0v) is 24.6. The minimum Gasteiger partial charge on any atom is -0.349 e. The van der Waals surface area contributed by atoms with Gasteiger partial charge in [-0.1, -0.05) is 18.2 Å². The van der Waals surface area contributed by atoms with Gasteiger partial charge < -0.3 is 14.4 Å². The Bertz CT molecular complexity index is 1550. The van der Waals surface area contributed by atoms with Crippen molar-refractivity contribution in [2.75, 3.05) is 19.8 Å². The van der Waals surface area contributed by atoms with Crippen LogP contribution in [0.15, 0.2) is 47.4 Å². The maximum atomic E-state index is 15.0. The molecule has 0 radical (unpaired) electrons. The highest BCUT2D eigenvalue weighted by Gasteiger charge is 2.74. The summed E-state index contributed by atoms with van der Waals surface area (Å²) in [5.41, 5.74) is -9.06. The number of alkyl halides is 7. The summed E-state index contributed by atoms with van der Waals surface area (Å²) in [6.07, 6.45) is -13.4. The molecule has 2 aromatic rings. The van der Waals surface area contributed by atoms with Crippen LogP contribution in [0.3, 0.4) is 0 Å². The molecular weight excluding hydrogens is 626 g/mol. The second-order valence-corrected chi connectivity index (χ2v) is 14.4. The van der Waals surface area contributed by atoms with Gasteiger partial charge in [-0.25, -0.2) is 17.2 Å². The average molecular weight is 656 g/mol. The van der Waals surface area contributed by atoms with E-state index in [4.69, 9.17) is 9.47 Å². The van der Waals surface area contributed by atoms with Gasteiger partial charge in [0.2, 0.25) is 5.91 Å². The molecule has 1 aliphatic carbocycles. The lowest BCUT2D eigenvalue weighted by atomic mass is 9.76. The van der Waals surface area contributed by atoms with Crippen LogP contribution in [0.1, 0.15) is 50.3 Å². The average Bonchev–Trinajstić information content (AvgIpc) is 3.34. The molecule has 44 heavy (non-hydrogen) atoms. The van der Waals surface area contributed by atoms with Gasteiger partial charge in [0.05, 0.1) is 29.6 Å². The van der Waals surface area contributed by atoms with E-state index in [2.05, 4.69) is 0 Å². The third kappa shape index (κ3) is 4.72. The summed E-state index contributed by atoms with van der Waals surface area (Å²) < 4.78 is 148. The van der Waals surface area contributed by atoms with E-state index in [-0.39, 0.29) is 55.0 Å². The molecular formula is C29H29F8NO5S. The zero-order chi connectivity index (χ0) is 32.7. The highest BCUT2D eigenvalue weighted by Crippen LogP contribution is 2.57. The molecule has 3 aliphatic rings. The first-order valence-electron chi connectivity index (χ1n) is 13.7. The summed E-state index contributed by atoms with van der Waals surface area (Å²) in [6, 6.07) is 4.14. The highest BCUT2D eigenvalue weighted by atomic mass is 32.2. The van der Waals surface area contributed by atoms with E-state index in [9.17, 15) is 48.3 Å². The van der Waals surface area contributed by atoms with Crippen molar-refractivity contribution in [2.45, 2.75) is 79.5 Å². The second kappa shape index (κ2) is 10.1. The van der Waals surface area contributed by atoms with Crippen LogP contribution in [-0.2, 0) is 40.9 Å². The van der Waals surface area contributed by atoms with E-state index in [1.807, 2.05) is 0 Å². The molecule has 0 spiro atoms. The van der Waals surface area contributed by atoms with E-state index in [1.54, 1.807) is 20.8 Å². The summed E-state index contributed by atoms with van der Waals surface area (Å²) in [4.78, 5) is 15.0. The number of ether oxygens (including phenoxy) is 2. The Balaban J connectivity index is 1.66. The van der Waals surface area contributed by atoms with Crippen molar-refractivity contribution < 1.29 is 57.8 Å². The van der Waals surface area contributed by atoms with Gasteiger partial charge in [-0.15, -0.1) is 0 Å². The maximum Gasteiger partial charge on any atom is 0.435 e. The fourth-order valence-corrected chi connectivity index (χ4v) is 8.88. The van der Waals surface area contributed by atoms with Crippen LogP contribution in [-0.4, -0.2) is 63.2 Å². The Labute approximate surface area is 248 Å². The molecule has 242 valence electrons. The van der Waals surface area contributed by atoms with Crippen LogP contribution in [0.4, 0.5) is 35.1 Å². The van der Waals surface area contributed by atoms with Crippen LogP contribution < -0.4 is 0 Å². The number of nitrogens with zero attached hydrogens (tertiary/aromatic N) is 1. The number of likely N-dealkylation sites (tertiary alicyclic amines) is 1. The Kier molecular flexibility index (Phi) is 7.49. The van der Waals surface area contributed by atoms with Gasteiger partial charge in [0.15, 0.2) is 15.6 Å². The Morgan fingerprint density at radius 2 is 1.48 bits per heavy atom. The van der Waals surface area contributed by atoms with Crippen molar-refractivity contribution in [3.8, 4) is 0 Å². The summed E-state index contributed by atoms with van der Waals surface area (Å²) >= 11 is 0. The Morgan fingerprint density at radius 3 is 2.02 bits per heavy atom. The molecule has 0 unspecified atom stereocenters. The smallest absolute Gasteiger partial charge is 0.349 e. The second-order valence-electron chi connectivity index (χ2n) is 12.2. The predicted octanol–water partition coefficient (Wildman–Crippen LogP) is 6.12. The topological polar surface area (TPSA) is 72.9 Å². The SMILES string of the molecule is CC1(C)OCC(C)(C(=O)N2CC[C@]3(S(=O)(=O)c4ccc(F)cc4)c4ccc(C(F)(C(F)(F)F)C(F)(F)F)cc4CC[C@H]23)CO1. The number of rotatable bonds is 4. The lowest BCUT2D eigenvalue weighted by Gasteiger charge is -2.46. The third-order valence-electron chi connectivity index (χ3n) is 8.92. The maximum absolute atomic E-state index is 15.0. The normalized spacial score (nSPS) is 25.3. The zero-order valence-electron chi connectivity index (χ0n) is 23.8. The van der Waals surface area contributed by atoms with Gasteiger partial charge in [-0.05, 0) is 75.4 Å². The van der Waals surface area contributed by atoms with E-state index >= 15 is 0 Å². The first-order chi connectivity index (χ1) is 20.1. The molecule has 2 heterocycles. The number of hydrogen-bond acceptors (Lipinski definition) is 5. The molecule has 0 saturated carbocycles. The number of amides is 1. The number of sulfone groups is 1. The molecule has 2 atom stereocenters. The molecule has 15 heteroatoms. The van der Waals surface area contributed by atoms with Gasteiger partial charge >= 0.3 is 18.0 Å². The molecule has 2 saturated heterocycles. The first kappa shape index (κ1) is 32.6. The van der Waals surface area contributed by atoms with E-state index in [0.29, 0.717) is 12.1 Å². The van der Waals surface area contributed by atoms with Gasteiger partial charge in [0.25, 0.3) is 0 Å². The Hall–Kier alpha value is -2.78. The fourth-order valence-electron chi connectivity index (χ4n) is 6.52. The van der Waals surface area contributed by atoms with Crippen molar-refractivity contribution in [3.05, 3.63) is 65.0 Å². The summed E-state index contributed by atoms with van der Waals surface area (Å²) in [5.74, 6) is -2.23. The molecule has 6 nitrogen and oxygen atoms in total. The van der Waals surface area contributed by atoms with Crippen LogP contribution in [0.5, 0.6) is 0 Å². The van der Waals surface area contributed by atoms with Crippen LogP contribution >= 0.6 is 0 Å². The third-order valence-corrected chi connectivity index (χ3v) is 11.5. The quantitative estimate of drug-likeness (QED) is 0.293. The van der Waals surface area contributed by atoms with Gasteiger partial charge in [0.1, 0.15) is 10.6 Å². The number of fused-ring (bicyclic) bond motifs is 3. The highest BCUT2D eigenvalue weighted by molar-refractivity contribution is 7.92. The van der Waals surface area contributed by atoms with Crippen molar-refractivity contribution in [1.82, 2.24) is 4.90 Å². The van der Waals surface area contributed by atoms with E-state index in [0.717, 1.165) is 30.3 Å². The monoisotopic (exact) mass is 655 g/mol. The molecule has 2 aromatic carbocycles. The van der Waals surface area contributed by atoms with Gasteiger partial charge in [0, 0.05) is 12.1 Å². The molecule has 5 rings (SSSR count). The van der Waals surface area contributed by atoms with Crippen molar-refractivity contribution >= 4 is 15.7 Å². The number of halogens is 8. The number of benzene rings is 2. The van der Waals surface area contributed by atoms with Gasteiger partial charge in [-0.2, -0.15) is 26.3 Å².